The van der Waals surface area contributed by atoms with Crippen molar-refractivity contribution >= 4 is 17.6 Å². The molecule has 0 fully saturated rings. The molecule has 0 spiro atoms. The van der Waals surface area contributed by atoms with E-state index < -0.39 is 0 Å². The predicted octanol–water partition coefficient (Wildman–Crippen LogP) is 3.82. The van der Waals surface area contributed by atoms with Crippen molar-refractivity contribution in [3.8, 4) is 0 Å². The molecule has 0 saturated carbocycles. The summed E-state index contributed by atoms with van der Waals surface area (Å²) >= 11 is 6.18. The molecule has 0 bridgehead atoms. The molecule has 0 N–H and O–H groups in total. The maximum Gasteiger partial charge on any atom is 0.256 e. The molecule has 0 heterocycles. The van der Waals surface area contributed by atoms with E-state index in [4.69, 9.17) is 11.5 Å². The van der Waals surface area contributed by atoms with Crippen molar-refractivity contribution in [1.29, 1.82) is 0 Å². The van der Waals surface area contributed by atoms with Crippen LogP contribution in [0.15, 0.2) is 0 Å². The van der Waals surface area contributed by atoms with Gasteiger partial charge in [-0.3, -0.25) is 0 Å². The molecule has 0 saturated heterocycles. The molecule has 0 aromatic rings. The van der Waals surface area contributed by atoms with Gasteiger partial charge in [0.05, 0.1) is 0 Å². The van der Waals surface area contributed by atoms with E-state index in [1.807, 2.05) is 0 Å². The van der Waals surface area contributed by atoms with Crippen molar-refractivity contribution in [2.24, 2.45) is 0 Å². The van der Waals surface area contributed by atoms with Gasteiger partial charge in [-0.2, -0.15) is 11.5 Å². The lowest BCUT2D eigenvalue weighted by Crippen LogP contribution is -2.16. The van der Waals surface area contributed by atoms with E-state index in [0.717, 1.165) is 0 Å². The van der Waals surface area contributed by atoms with E-state index in [1.54, 1.807) is 0 Å². The van der Waals surface area contributed by atoms with Crippen molar-refractivity contribution in [2.75, 3.05) is 0 Å². The summed E-state index contributed by atoms with van der Waals surface area (Å²) in [6.45, 7) is 8.85. The Morgan fingerprint density at radius 3 is 1.60 bits per heavy atom. The molecule has 2 unspecified atom stereocenters. The Hall–Kier alpha value is 0.355. The zero-order valence-electron chi connectivity index (χ0n) is 7.52. The van der Waals surface area contributed by atoms with Crippen LogP contribution in [0, 0.1) is 0 Å². The SMILES string of the molecule is CCC(C)B(Cl)C(C)CC. The van der Waals surface area contributed by atoms with Crippen LogP contribution in [0.25, 0.3) is 0 Å². The van der Waals surface area contributed by atoms with Gasteiger partial charge in [0, 0.05) is 0 Å². The smallest absolute Gasteiger partial charge is 0.195 e. The third-order valence-corrected chi connectivity index (χ3v) is 3.24. The van der Waals surface area contributed by atoms with E-state index >= 15 is 0 Å². The van der Waals surface area contributed by atoms with E-state index in [9.17, 15) is 0 Å². The van der Waals surface area contributed by atoms with Crippen LogP contribution in [0.5, 0.6) is 0 Å². The maximum absolute atomic E-state index is 6.18. The van der Waals surface area contributed by atoms with Crippen LogP contribution in [0.2, 0.25) is 11.6 Å². The van der Waals surface area contributed by atoms with E-state index in [-0.39, 0.29) is 0 Å². The molecule has 0 aliphatic carbocycles. The second-order valence-corrected chi connectivity index (χ2v) is 3.72. The van der Waals surface area contributed by atoms with Crippen LogP contribution in [-0.4, -0.2) is 6.13 Å². The normalized spacial score (nSPS) is 16.5. The highest BCUT2D eigenvalue weighted by Gasteiger charge is 2.22. The van der Waals surface area contributed by atoms with Gasteiger partial charge in [0.1, 0.15) is 0 Å². The molecule has 0 nitrogen and oxygen atoms in total. The van der Waals surface area contributed by atoms with Crippen molar-refractivity contribution in [2.45, 2.75) is 52.2 Å². The minimum atomic E-state index is 0.370. The lowest BCUT2D eigenvalue weighted by atomic mass is 9.53. The highest BCUT2D eigenvalue weighted by atomic mass is 35.5. The van der Waals surface area contributed by atoms with E-state index in [0.29, 0.717) is 17.8 Å². The molecule has 10 heavy (non-hydrogen) atoms. The van der Waals surface area contributed by atoms with Crippen LogP contribution in [0.4, 0.5) is 0 Å². The summed E-state index contributed by atoms with van der Waals surface area (Å²) in [6, 6.07) is 0. The fourth-order valence-electron chi connectivity index (χ4n) is 1.01. The Morgan fingerprint density at radius 2 is 1.40 bits per heavy atom. The van der Waals surface area contributed by atoms with Crippen LogP contribution in [-0.2, 0) is 0 Å². The molecular formula is C8H18BCl. The van der Waals surface area contributed by atoms with E-state index in [2.05, 4.69) is 27.7 Å². The molecule has 0 aliphatic heterocycles. The second kappa shape index (κ2) is 5.06. The van der Waals surface area contributed by atoms with Crippen LogP contribution < -0.4 is 0 Å². The largest absolute Gasteiger partial charge is 0.256 e. The number of rotatable bonds is 4. The van der Waals surface area contributed by atoms with E-state index in [1.165, 1.54) is 12.8 Å². The Bertz CT molecular complexity index is 75.3. The lowest BCUT2D eigenvalue weighted by molar-refractivity contribution is 0.797. The molecule has 2 atom stereocenters. The second-order valence-electron chi connectivity index (χ2n) is 3.22. The molecule has 0 aromatic carbocycles. The minimum absolute atomic E-state index is 0.370. The van der Waals surface area contributed by atoms with Gasteiger partial charge < -0.3 is 0 Å². The standard InChI is InChI=1S/C8H18BCl/c1-5-7(3)9(10)8(4)6-2/h7-8H,5-6H2,1-4H3. The monoisotopic (exact) mass is 160 g/mol. The summed E-state index contributed by atoms with van der Waals surface area (Å²) in [5.41, 5.74) is 0. The zero-order valence-corrected chi connectivity index (χ0v) is 8.28. The predicted molar refractivity (Wildman–Crippen MR) is 51.0 cm³/mol. The molecule has 60 valence electrons. The van der Waals surface area contributed by atoms with Crippen molar-refractivity contribution in [1.82, 2.24) is 0 Å². The summed E-state index contributed by atoms with van der Waals surface area (Å²) in [7, 11) is 0. The van der Waals surface area contributed by atoms with Gasteiger partial charge in [-0.1, -0.05) is 40.5 Å². The van der Waals surface area contributed by atoms with Gasteiger partial charge >= 0.3 is 0 Å². The van der Waals surface area contributed by atoms with Crippen molar-refractivity contribution in [3.05, 3.63) is 0 Å². The fraction of sp³-hybridized carbons (Fsp3) is 1.00. The third kappa shape index (κ3) is 2.96. The fourth-order valence-corrected chi connectivity index (χ4v) is 1.37. The molecule has 0 amide bonds. The number of halogens is 1. The zero-order chi connectivity index (χ0) is 8.15. The number of hydrogen-bond acceptors (Lipinski definition) is 0. The van der Waals surface area contributed by atoms with Gasteiger partial charge in [0.25, 0.3) is 6.13 Å². The minimum Gasteiger partial charge on any atom is -0.195 e. The molecule has 0 rings (SSSR count). The van der Waals surface area contributed by atoms with Gasteiger partial charge in [-0.05, 0) is 11.6 Å². The van der Waals surface area contributed by atoms with Crippen molar-refractivity contribution in [3.63, 3.8) is 0 Å². The Labute approximate surface area is 70.3 Å². The Morgan fingerprint density at radius 1 is 1.10 bits per heavy atom. The Kier molecular flexibility index (Phi) is 5.24. The van der Waals surface area contributed by atoms with Crippen LogP contribution >= 0.6 is 11.5 Å². The summed E-state index contributed by atoms with van der Waals surface area (Å²) in [5.74, 6) is 1.33. The first-order valence-corrected chi connectivity index (χ1v) is 4.71. The first-order chi connectivity index (χ1) is 4.63. The quantitative estimate of drug-likeness (QED) is 0.549. The maximum atomic E-state index is 6.18. The van der Waals surface area contributed by atoms with Gasteiger partial charge in [-0.15, -0.1) is 0 Å². The summed E-state index contributed by atoms with van der Waals surface area (Å²) in [6.07, 6.45) is 2.76. The molecule has 2 heteroatoms. The average molecular weight is 160 g/mol. The van der Waals surface area contributed by atoms with Crippen LogP contribution in [0.1, 0.15) is 40.5 Å². The molecule has 0 radical (unpaired) electrons. The summed E-state index contributed by atoms with van der Waals surface area (Å²) < 4.78 is 0. The lowest BCUT2D eigenvalue weighted by Gasteiger charge is -2.17. The van der Waals surface area contributed by atoms with Crippen LogP contribution in [0.3, 0.4) is 0 Å². The molecular weight excluding hydrogens is 142 g/mol. The van der Waals surface area contributed by atoms with Gasteiger partial charge in [0.15, 0.2) is 0 Å². The molecule has 0 aliphatic rings. The van der Waals surface area contributed by atoms with Crippen molar-refractivity contribution < 1.29 is 0 Å². The third-order valence-electron chi connectivity index (χ3n) is 2.38. The molecule has 0 aromatic heterocycles. The highest BCUT2D eigenvalue weighted by Crippen LogP contribution is 2.28. The topological polar surface area (TPSA) is 0 Å². The number of hydrogen-bond donors (Lipinski definition) is 0. The average Bonchev–Trinajstić information content (AvgIpc) is 2.00. The highest BCUT2D eigenvalue weighted by molar-refractivity contribution is 7.08. The Balaban J connectivity index is 3.69. The first-order valence-electron chi connectivity index (χ1n) is 4.27. The van der Waals surface area contributed by atoms with Gasteiger partial charge in [-0.25, -0.2) is 0 Å². The van der Waals surface area contributed by atoms with Gasteiger partial charge in [0.2, 0.25) is 0 Å². The summed E-state index contributed by atoms with van der Waals surface area (Å²) in [4.78, 5) is 0. The first kappa shape index (κ1) is 10.4. The summed E-state index contributed by atoms with van der Waals surface area (Å²) in [5, 5.41) is 0.